The van der Waals surface area contributed by atoms with Gasteiger partial charge in [-0.15, -0.1) is 0 Å². The molecule has 5 heteroatoms. The average molecular weight is 437 g/mol. The second-order valence-corrected chi connectivity index (χ2v) is 7.58. The van der Waals surface area contributed by atoms with E-state index in [0.29, 0.717) is 17.9 Å². The summed E-state index contributed by atoms with van der Waals surface area (Å²) in [5.74, 6) is 1.43. The number of aromatic nitrogens is 2. The quantitative estimate of drug-likeness (QED) is 0.321. The molecule has 1 heterocycles. The predicted octanol–water partition coefficient (Wildman–Crippen LogP) is 6.19. The summed E-state index contributed by atoms with van der Waals surface area (Å²) in [6, 6.07) is 13.2. The number of nitrogens with zero attached hydrogens (tertiary/aromatic N) is 4. The third-order valence-electron chi connectivity index (χ3n) is 4.86. The summed E-state index contributed by atoms with van der Waals surface area (Å²) in [7, 11) is 1.98. The highest BCUT2D eigenvalue weighted by molar-refractivity contribution is 5.91. The van der Waals surface area contributed by atoms with Gasteiger partial charge in [0, 0.05) is 25.2 Å². The standard InChI is InChI=1S/C28H28N4O/c1-21-16-17-23-25(19-21)30-27(24-14-10-11-15-26(24)33)31-28(23)32(4)20-22(2)13-9-7-5-6-8-12-18-29-3/h5-19,33H,2-3,20H2,1,4H3/b7-5-,8-6-,13-9-,18-12-. The molecule has 0 aliphatic heterocycles. The maximum Gasteiger partial charge on any atom is 0.165 e. The first kappa shape index (κ1) is 23.4. The molecule has 0 radical (unpaired) electrons. The van der Waals surface area contributed by atoms with Crippen molar-refractivity contribution in [3.63, 3.8) is 0 Å². The van der Waals surface area contributed by atoms with Crippen LogP contribution in [0.4, 0.5) is 5.82 Å². The monoisotopic (exact) mass is 436 g/mol. The van der Waals surface area contributed by atoms with Gasteiger partial charge in [0.2, 0.25) is 0 Å². The van der Waals surface area contributed by atoms with E-state index in [0.717, 1.165) is 27.9 Å². The van der Waals surface area contributed by atoms with E-state index in [4.69, 9.17) is 9.97 Å². The lowest BCUT2D eigenvalue weighted by molar-refractivity contribution is 0.477. The Bertz CT molecular complexity index is 1270. The molecule has 5 nitrogen and oxygen atoms in total. The van der Waals surface area contributed by atoms with Crippen LogP contribution in [0.5, 0.6) is 5.75 Å². The largest absolute Gasteiger partial charge is 0.507 e. The smallest absolute Gasteiger partial charge is 0.165 e. The van der Waals surface area contributed by atoms with Gasteiger partial charge in [-0.3, -0.25) is 4.99 Å². The maximum absolute atomic E-state index is 10.3. The number of allylic oxidation sites excluding steroid dienone is 6. The number of hydrogen-bond donors (Lipinski definition) is 1. The van der Waals surface area contributed by atoms with Crippen molar-refractivity contribution in [3.05, 3.63) is 109 Å². The summed E-state index contributed by atoms with van der Waals surface area (Å²) in [6.45, 7) is 10.2. The molecule has 1 aromatic heterocycles. The molecule has 3 rings (SSSR count). The van der Waals surface area contributed by atoms with Gasteiger partial charge in [0.05, 0.1) is 11.1 Å². The summed E-state index contributed by atoms with van der Waals surface area (Å²) in [6.07, 6.45) is 15.0. The average Bonchev–Trinajstić information content (AvgIpc) is 2.80. The number of aromatic hydroxyl groups is 1. The van der Waals surface area contributed by atoms with Gasteiger partial charge in [-0.25, -0.2) is 9.97 Å². The highest BCUT2D eigenvalue weighted by Gasteiger charge is 2.15. The number of rotatable bonds is 9. The van der Waals surface area contributed by atoms with Crippen LogP contribution in [0.3, 0.4) is 0 Å². The third-order valence-corrected chi connectivity index (χ3v) is 4.86. The summed E-state index contributed by atoms with van der Waals surface area (Å²) >= 11 is 0. The fourth-order valence-corrected chi connectivity index (χ4v) is 3.29. The first-order chi connectivity index (χ1) is 16.0. The zero-order valence-corrected chi connectivity index (χ0v) is 19.0. The van der Waals surface area contributed by atoms with Crippen LogP contribution < -0.4 is 4.90 Å². The Hall–Kier alpha value is -4.25. The van der Waals surface area contributed by atoms with Crippen LogP contribution in [0.2, 0.25) is 0 Å². The second kappa shape index (κ2) is 11.4. The molecule has 0 bridgehead atoms. The Morgan fingerprint density at radius 2 is 1.76 bits per heavy atom. The van der Waals surface area contributed by atoms with Gasteiger partial charge in [0.15, 0.2) is 5.82 Å². The first-order valence-electron chi connectivity index (χ1n) is 10.6. The minimum atomic E-state index is 0.155. The van der Waals surface area contributed by atoms with Crippen LogP contribution in [0.1, 0.15) is 5.56 Å². The molecular formula is C28H28N4O. The molecule has 0 unspecified atom stereocenters. The van der Waals surface area contributed by atoms with Crippen LogP contribution in [0, 0.1) is 6.92 Å². The van der Waals surface area contributed by atoms with Gasteiger partial charge in [0.25, 0.3) is 0 Å². The Morgan fingerprint density at radius 3 is 2.52 bits per heavy atom. The van der Waals surface area contributed by atoms with E-state index in [1.54, 1.807) is 18.3 Å². The van der Waals surface area contributed by atoms with Gasteiger partial charge in [-0.2, -0.15) is 0 Å². The molecule has 166 valence electrons. The minimum Gasteiger partial charge on any atom is -0.507 e. The van der Waals surface area contributed by atoms with Gasteiger partial charge in [-0.1, -0.05) is 61.2 Å². The van der Waals surface area contributed by atoms with Crippen LogP contribution in [0.25, 0.3) is 22.3 Å². The number of phenolic OH excluding ortho intramolecular Hbond substituents is 1. The number of fused-ring (bicyclic) bond motifs is 1. The van der Waals surface area contributed by atoms with Crippen molar-refractivity contribution in [1.82, 2.24) is 9.97 Å². The Morgan fingerprint density at radius 1 is 1.03 bits per heavy atom. The number of para-hydroxylation sites is 1. The fraction of sp³-hybridized carbons (Fsp3) is 0.107. The summed E-state index contributed by atoms with van der Waals surface area (Å²) in [5.41, 5.74) is 3.49. The molecule has 0 saturated carbocycles. The van der Waals surface area contributed by atoms with Crippen molar-refractivity contribution >= 4 is 23.4 Å². The van der Waals surface area contributed by atoms with E-state index in [2.05, 4.69) is 24.4 Å². The lowest BCUT2D eigenvalue weighted by Crippen LogP contribution is -2.21. The number of anilines is 1. The fourth-order valence-electron chi connectivity index (χ4n) is 3.29. The minimum absolute atomic E-state index is 0.155. The van der Waals surface area contributed by atoms with Crippen molar-refractivity contribution in [2.45, 2.75) is 6.92 Å². The van der Waals surface area contributed by atoms with E-state index in [1.807, 2.05) is 85.7 Å². The summed E-state index contributed by atoms with van der Waals surface area (Å²) in [4.78, 5) is 15.2. The lowest BCUT2D eigenvalue weighted by atomic mass is 10.1. The topological polar surface area (TPSA) is 61.6 Å². The predicted molar refractivity (Wildman–Crippen MR) is 140 cm³/mol. The van der Waals surface area contributed by atoms with Gasteiger partial charge < -0.3 is 10.0 Å². The highest BCUT2D eigenvalue weighted by atomic mass is 16.3. The molecule has 0 atom stereocenters. The van der Waals surface area contributed by atoms with Gasteiger partial charge in [0.1, 0.15) is 11.6 Å². The van der Waals surface area contributed by atoms with Crippen molar-refractivity contribution in [2.24, 2.45) is 4.99 Å². The van der Waals surface area contributed by atoms with Gasteiger partial charge >= 0.3 is 0 Å². The van der Waals surface area contributed by atoms with Crippen molar-refractivity contribution in [3.8, 4) is 17.1 Å². The second-order valence-electron chi connectivity index (χ2n) is 7.58. The molecule has 0 spiro atoms. The molecule has 0 fully saturated rings. The molecule has 2 aromatic carbocycles. The number of hydrogen-bond acceptors (Lipinski definition) is 5. The van der Waals surface area contributed by atoms with E-state index in [1.165, 1.54) is 0 Å². The van der Waals surface area contributed by atoms with Crippen LogP contribution in [0.15, 0.2) is 108 Å². The molecule has 0 aliphatic carbocycles. The van der Waals surface area contributed by atoms with Crippen molar-refractivity contribution in [1.29, 1.82) is 0 Å². The van der Waals surface area contributed by atoms with Crippen LogP contribution in [-0.2, 0) is 0 Å². The Kier molecular flexibility index (Phi) is 8.08. The molecular weight excluding hydrogens is 408 g/mol. The van der Waals surface area contributed by atoms with E-state index >= 15 is 0 Å². The van der Waals surface area contributed by atoms with Crippen molar-refractivity contribution in [2.75, 3.05) is 18.5 Å². The molecule has 0 aliphatic rings. The number of phenols is 1. The SMILES string of the molecule is C=N\C=C/C=C\C=C/C=C\C(=C)CN(C)c1nc(-c2ccccc2O)nc2cc(C)ccc12. The number of aryl methyl sites for hydroxylation is 1. The van der Waals surface area contributed by atoms with E-state index in [-0.39, 0.29) is 5.75 Å². The summed E-state index contributed by atoms with van der Waals surface area (Å²) in [5, 5.41) is 11.3. The number of benzene rings is 2. The van der Waals surface area contributed by atoms with Gasteiger partial charge in [-0.05, 0) is 55.1 Å². The number of aliphatic imine (C=N–C) groups is 1. The normalized spacial score (nSPS) is 11.9. The molecule has 3 aromatic rings. The molecule has 0 saturated heterocycles. The zero-order chi connectivity index (χ0) is 23.6. The Labute approximate surface area is 195 Å². The molecule has 1 N–H and O–H groups in total. The van der Waals surface area contributed by atoms with Crippen LogP contribution in [-0.4, -0.2) is 35.4 Å². The lowest BCUT2D eigenvalue weighted by Gasteiger charge is -2.21. The third kappa shape index (κ3) is 6.37. The first-order valence-corrected chi connectivity index (χ1v) is 10.6. The maximum atomic E-state index is 10.3. The molecule has 33 heavy (non-hydrogen) atoms. The van der Waals surface area contributed by atoms with Crippen LogP contribution >= 0.6 is 0 Å². The van der Waals surface area contributed by atoms with E-state index in [9.17, 15) is 5.11 Å². The zero-order valence-electron chi connectivity index (χ0n) is 19.0. The molecule has 0 amide bonds. The van der Waals surface area contributed by atoms with E-state index < -0.39 is 0 Å². The number of likely N-dealkylation sites (N-methyl/N-ethyl adjacent to an activating group) is 1. The van der Waals surface area contributed by atoms with Crippen molar-refractivity contribution < 1.29 is 5.11 Å². The highest BCUT2D eigenvalue weighted by Crippen LogP contribution is 2.31. The Balaban J connectivity index is 1.84. The summed E-state index contributed by atoms with van der Waals surface area (Å²) < 4.78 is 0.